The zero-order chi connectivity index (χ0) is 33.0. The molecule has 10 aromatic rings. The van der Waals surface area contributed by atoms with Gasteiger partial charge in [0.1, 0.15) is 11.2 Å². The SMILES string of the molecule is c1ccc(-c2cccc(N(c3ccccc3-c3cccc4oc5cc6ccccc6cc5c34)c3cc4ccccc4c4ccccc34)c2)cc1. The van der Waals surface area contributed by atoms with Gasteiger partial charge in [-0.05, 0) is 86.1 Å². The van der Waals surface area contributed by atoms with Gasteiger partial charge in [-0.1, -0.05) is 146 Å². The van der Waals surface area contributed by atoms with E-state index in [0.717, 1.165) is 50.1 Å². The predicted octanol–water partition coefficient (Wildman–Crippen LogP) is 13.8. The Labute approximate surface area is 290 Å². The van der Waals surface area contributed by atoms with Crippen LogP contribution in [-0.4, -0.2) is 0 Å². The normalized spacial score (nSPS) is 11.6. The van der Waals surface area contributed by atoms with Crippen LogP contribution in [0.3, 0.4) is 0 Å². The zero-order valence-electron chi connectivity index (χ0n) is 27.3. The van der Waals surface area contributed by atoms with Crippen molar-refractivity contribution in [3.8, 4) is 22.3 Å². The van der Waals surface area contributed by atoms with Crippen LogP contribution < -0.4 is 4.90 Å². The molecule has 0 saturated carbocycles. The number of nitrogens with zero attached hydrogens (tertiary/aromatic N) is 1. The highest BCUT2D eigenvalue weighted by atomic mass is 16.3. The lowest BCUT2D eigenvalue weighted by atomic mass is 9.94. The van der Waals surface area contributed by atoms with E-state index >= 15 is 0 Å². The fourth-order valence-corrected chi connectivity index (χ4v) is 7.72. The van der Waals surface area contributed by atoms with Crippen LogP contribution >= 0.6 is 0 Å². The first-order valence-electron chi connectivity index (χ1n) is 17.1. The minimum Gasteiger partial charge on any atom is -0.456 e. The Morgan fingerprint density at radius 1 is 0.340 bits per heavy atom. The molecule has 2 nitrogen and oxygen atoms in total. The number of anilines is 3. The molecule has 0 spiro atoms. The number of hydrogen-bond donors (Lipinski definition) is 0. The maximum absolute atomic E-state index is 6.55. The number of para-hydroxylation sites is 1. The molecule has 0 aliphatic carbocycles. The van der Waals surface area contributed by atoms with Crippen LogP contribution in [0.15, 0.2) is 192 Å². The van der Waals surface area contributed by atoms with Gasteiger partial charge in [-0.15, -0.1) is 0 Å². The third kappa shape index (κ3) is 4.57. The summed E-state index contributed by atoms with van der Waals surface area (Å²) < 4.78 is 6.55. The van der Waals surface area contributed by atoms with Crippen molar-refractivity contribution in [2.24, 2.45) is 0 Å². The quantitative estimate of drug-likeness (QED) is 0.175. The van der Waals surface area contributed by atoms with Gasteiger partial charge in [0.2, 0.25) is 0 Å². The monoisotopic (exact) mass is 637 g/mol. The van der Waals surface area contributed by atoms with Crippen LogP contribution in [0, 0.1) is 0 Å². The van der Waals surface area contributed by atoms with Crippen LogP contribution in [0.25, 0.3) is 76.5 Å². The average Bonchev–Trinajstić information content (AvgIpc) is 3.55. The lowest BCUT2D eigenvalue weighted by Gasteiger charge is -2.30. The fourth-order valence-electron chi connectivity index (χ4n) is 7.72. The Morgan fingerprint density at radius 3 is 1.84 bits per heavy atom. The van der Waals surface area contributed by atoms with Gasteiger partial charge in [0.25, 0.3) is 0 Å². The van der Waals surface area contributed by atoms with Crippen molar-refractivity contribution in [1.82, 2.24) is 0 Å². The first kappa shape index (κ1) is 28.4. The van der Waals surface area contributed by atoms with Gasteiger partial charge in [-0.25, -0.2) is 0 Å². The van der Waals surface area contributed by atoms with E-state index in [0.29, 0.717) is 0 Å². The molecule has 0 radical (unpaired) electrons. The molecular formula is C48H31NO. The molecular weight excluding hydrogens is 607 g/mol. The maximum atomic E-state index is 6.55. The van der Waals surface area contributed by atoms with E-state index in [1.54, 1.807) is 0 Å². The van der Waals surface area contributed by atoms with Crippen LogP contribution in [0.5, 0.6) is 0 Å². The maximum Gasteiger partial charge on any atom is 0.136 e. The molecule has 1 aromatic heterocycles. The van der Waals surface area contributed by atoms with Crippen molar-refractivity contribution >= 4 is 71.3 Å². The van der Waals surface area contributed by atoms with E-state index in [4.69, 9.17) is 4.42 Å². The Balaban J connectivity index is 1.28. The predicted molar refractivity (Wildman–Crippen MR) is 212 cm³/mol. The second kappa shape index (κ2) is 11.5. The third-order valence-corrected chi connectivity index (χ3v) is 10.00. The van der Waals surface area contributed by atoms with Crippen molar-refractivity contribution in [2.75, 3.05) is 4.90 Å². The molecule has 2 heteroatoms. The Hall–Kier alpha value is -6.64. The number of rotatable bonds is 5. The highest BCUT2D eigenvalue weighted by Crippen LogP contribution is 2.48. The van der Waals surface area contributed by atoms with Crippen molar-refractivity contribution in [1.29, 1.82) is 0 Å². The second-order valence-electron chi connectivity index (χ2n) is 12.9. The Bertz CT molecular complexity index is 2880. The summed E-state index contributed by atoms with van der Waals surface area (Å²) in [5.41, 5.74) is 9.74. The molecule has 10 rings (SSSR count). The van der Waals surface area contributed by atoms with Gasteiger partial charge in [-0.2, -0.15) is 0 Å². The molecule has 0 aliphatic rings. The lowest BCUT2D eigenvalue weighted by molar-refractivity contribution is 0.669. The highest BCUT2D eigenvalue weighted by molar-refractivity contribution is 6.18. The van der Waals surface area contributed by atoms with Crippen molar-refractivity contribution in [3.63, 3.8) is 0 Å². The van der Waals surface area contributed by atoms with Crippen LogP contribution in [-0.2, 0) is 0 Å². The first-order chi connectivity index (χ1) is 24.8. The van der Waals surface area contributed by atoms with Crippen molar-refractivity contribution in [3.05, 3.63) is 188 Å². The fraction of sp³-hybridized carbons (Fsp3) is 0. The van der Waals surface area contributed by atoms with E-state index in [1.165, 1.54) is 43.4 Å². The zero-order valence-corrected chi connectivity index (χ0v) is 27.3. The molecule has 0 saturated heterocycles. The largest absolute Gasteiger partial charge is 0.456 e. The van der Waals surface area contributed by atoms with Gasteiger partial charge < -0.3 is 9.32 Å². The molecule has 0 amide bonds. The topological polar surface area (TPSA) is 16.4 Å². The Kier molecular flexibility index (Phi) is 6.53. The van der Waals surface area contributed by atoms with Gasteiger partial charge >= 0.3 is 0 Å². The van der Waals surface area contributed by atoms with Gasteiger partial charge in [0.05, 0.1) is 11.4 Å². The van der Waals surface area contributed by atoms with Crippen LogP contribution in [0.4, 0.5) is 17.1 Å². The van der Waals surface area contributed by atoms with Gasteiger partial charge in [0.15, 0.2) is 0 Å². The summed E-state index contributed by atoms with van der Waals surface area (Å²) in [6, 6.07) is 67.6. The summed E-state index contributed by atoms with van der Waals surface area (Å²) in [7, 11) is 0. The molecule has 0 unspecified atom stereocenters. The van der Waals surface area contributed by atoms with E-state index < -0.39 is 0 Å². The average molecular weight is 638 g/mol. The van der Waals surface area contributed by atoms with Crippen LogP contribution in [0.2, 0.25) is 0 Å². The summed E-state index contributed by atoms with van der Waals surface area (Å²) in [5, 5.41) is 9.51. The van der Waals surface area contributed by atoms with Gasteiger partial charge in [-0.3, -0.25) is 0 Å². The Morgan fingerprint density at radius 2 is 0.980 bits per heavy atom. The highest BCUT2D eigenvalue weighted by Gasteiger charge is 2.23. The molecule has 234 valence electrons. The number of furan rings is 1. The standard InChI is InChI=1S/C48H31NO/c1-2-14-32(15-3-1)33-19-12-20-37(28-33)49(45-30-36-18-6-7-21-38(36)39-22-8-9-23-40(39)45)44-26-11-10-24-41(44)42-25-13-27-46-48(42)43-29-34-16-4-5-17-35(34)31-47(43)50-46/h1-31H. The molecule has 0 atom stereocenters. The van der Waals surface area contributed by atoms with E-state index in [-0.39, 0.29) is 0 Å². The molecule has 9 aromatic carbocycles. The summed E-state index contributed by atoms with van der Waals surface area (Å²) >= 11 is 0. The third-order valence-electron chi connectivity index (χ3n) is 10.00. The van der Waals surface area contributed by atoms with Crippen molar-refractivity contribution in [2.45, 2.75) is 0 Å². The number of fused-ring (bicyclic) bond motifs is 7. The van der Waals surface area contributed by atoms with E-state index in [1.807, 2.05) is 0 Å². The molecule has 0 fully saturated rings. The minimum absolute atomic E-state index is 0.886. The summed E-state index contributed by atoms with van der Waals surface area (Å²) in [6.45, 7) is 0. The van der Waals surface area contributed by atoms with E-state index in [9.17, 15) is 0 Å². The number of benzene rings is 9. The van der Waals surface area contributed by atoms with Gasteiger partial charge in [0, 0.05) is 27.4 Å². The second-order valence-corrected chi connectivity index (χ2v) is 12.9. The minimum atomic E-state index is 0.886. The molecule has 50 heavy (non-hydrogen) atoms. The van der Waals surface area contributed by atoms with E-state index in [2.05, 4.69) is 193 Å². The van der Waals surface area contributed by atoms with Crippen LogP contribution in [0.1, 0.15) is 0 Å². The summed E-state index contributed by atoms with van der Waals surface area (Å²) in [5.74, 6) is 0. The molecule has 0 bridgehead atoms. The lowest BCUT2D eigenvalue weighted by Crippen LogP contribution is -2.12. The molecule has 0 N–H and O–H groups in total. The summed E-state index contributed by atoms with van der Waals surface area (Å²) in [4.78, 5) is 2.45. The smallest absolute Gasteiger partial charge is 0.136 e. The molecule has 1 heterocycles. The summed E-state index contributed by atoms with van der Waals surface area (Å²) in [6.07, 6.45) is 0. The van der Waals surface area contributed by atoms with Crippen molar-refractivity contribution < 1.29 is 4.42 Å². The molecule has 0 aliphatic heterocycles. The number of hydrogen-bond acceptors (Lipinski definition) is 2. The first-order valence-corrected chi connectivity index (χ1v) is 17.1.